The van der Waals surface area contributed by atoms with Crippen LogP contribution in [0.1, 0.15) is 49.9 Å². The first-order valence-electron chi connectivity index (χ1n) is 10.9. The van der Waals surface area contributed by atoms with Crippen molar-refractivity contribution in [2.45, 2.75) is 46.7 Å². The van der Waals surface area contributed by atoms with Gasteiger partial charge in [0.1, 0.15) is 5.76 Å². The first-order chi connectivity index (χ1) is 15.3. The number of anilines is 1. The molecule has 0 radical (unpaired) electrons. The Kier molecular flexibility index (Phi) is 5.90. The molecule has 2 amide bonds. The van der Waals surface area contributed by atoms with E-state index < -0.39 is 23.7 Å². The molecule has 4 rings (SSSR count). The molecule has 2 fully saturated rings. The molecule has 4 atom stereocenters. The van der Waals surface area contributed by atoms with E-state index in [9.17, 15) is 19.5 Å². The number of hydrogen-bond donors (Lipinski definition) is 3. The maximum Gasteiger partial charge on any atom is 0.307 e. The standard InChI is InChI=1S/C23H28N4O5/c1-4-27-11-16(20(26-27)22(29)24-10-13-6-5-9-32-13)25-21(28)18-14-7-8-15(17(14)12(2)3)19(18)23(30)31/h5-6,9,11,14-15,18-19H,4,7-8,10H2,1-3H3,(H,24,29)(H,25,28)(H,30,31)/t14-,15+,18+,19-/m0/s1. The van der Waals surface area contributed by atoms with E-state index in [-0.39, 0.29) is 35.7 Å². The third-order valence-corrected chi connectivity index (χ3v) is 6.57. The zero-order valence-electron chi connectivity index (χ0n) is 18.4. The summed E-state index contributed by atoms with van der Waals surface area (Å²) in [6, 6.07) is 3.48. The molecule has 0 spiro atoms. The van der Waals surface area contributed by atoms with Gasteiger partial charge in [-0.2, -0.15) is 5.10 Å². The Morgan fingerprint density at radius 3 is 2.53 bits per heavy atom. The van der Waals surface area contributed by atoms with Crippen LogP contribution in [0.3, 0.4) is 0 Å². The molecule has 2 aliphatic carbocycles. The topological polar surface area (TPSA) is 126 Å². The monoisotopic (exact) mass is 440 g/mol. The quantitative estimate of drug-likeness (QED) is 0.568. The second-order valence-corrected chi connectivity index (χ2v) is 8.63. The molecule has 170 valence electrons. The van der Waals surface area contributed by atoms with Crippen LogP contribution < -0.4 is 10.6 Å². The number of carboxylic acid groups (broad SMARTS) is 1. The second-order valence-electron chi connectivity index (χ2n) is 8.63. The van der Waals surface area contributed by atoms with Gasteiger partial charge in [-0.05, 0) is 57.6 Å². The number of carbonyl (C=O) groups is 3. The predicted octanol–water partition coefficient (Wildman–Crippen LogP) is 3.06. The van der Waals surface area contributed by atoms with Crippen LogP contribution in [0.2, 0.25) is 0 Å². The second kappa shape index (κ2) is 8.64. The van der Waals surface area contributed by atoms with Crippen LogP contribution in [0.25, 0.3) is 0 Å². The van der Waals surface area contributed by atoms with Gasteiger partial charge in [-0.25, -0.2) is 0 Å². The van der Waals surface area contributed by atoms with Crippen molar-refractivity contribution in [2.75, 3.05) is 5.32 Å². The molecule has 2 aliphatic rings. The molecule has 9 heteroatoms. The van der Waals surface area contributed by atoms with Crippen molar-refractivity contribution in [3.8, 4) is 0 Å². The molecule has 0 unspecified atom stereocenters. The fraction of sp³-hybridized carbons (Fsp3) is 0.478. The Morgan fingerprint density at radius 1 is 1.22 bits per heavy atom. The summed E-state index contributed by atoms with van der Waals surface area (Å²) in [5, 5.41) is 19.7. The van der Waals surface area contributed by atoms with Crippen LogP contribution >= 0.6 is 0 Å². The van der Waals surface area contributed by atoms with E-state index in [0.717, 1.165) is 24.0 Å². The average molecular weight is 441 g/mol. The number of nitrogens with one attached hydrogen (secondary N) is 2. The number of furan rings is 1. The predicted molar refractivity (Wildman–Crippen MR) is 116 cm³/mol. The minimum atomic E-state index is -0.947. The summed E-state index contributed by atoms with van der Waals surface area (Å²) in [7, 11) is 0. The highest BCUT2D eigenvalue weighted by atomic mass is 16.4. The minimum absolute atomic E-state index is 0.0800. The van der Waals surface area contributed by atoms with Crippen molar-refractivity contribution >= 4 is 23.5 Å². The zero-order chi connectivity index (χ0) is 23.0. The Morgan fingerprint density at radius 2 is 1.94 bits per heavy atom. The van der Waals surface area contributed by atoms with Crippen LogP contribution in [-0.4, -0.2) is 32.7 Å². The van der Waals surface area contributed by atoms with Crippen molar-refractivity contribution < 1.29 is 23.9 Å². The Balaban J connectivity index is 1.56. The number of aryl methyl sites for hydroxylation is 1. The molecule has 0 saturated heterocycles. The van der Waals surface area contributed by atoms with E-state index in [1.54, 1.807) is 23.0 Å². The molecule has 2 aromatic rings. The van der Waals surface area contributed by atoms with Crippen LogP contribution in [0.4, 0.5) is 5.69 Å². The lowest BCUT2D eigenvalue weighted by Gasteiger charge is -2.26. The van der Waals surface area contributed by atoms with Gasteiger partial charge in [0.2, 0.25) is 5.91 Å². The van der Waals surface area contributed by atoms with Gasteiger partial charge < -0.3 is 20.2 Å². The van der Waals surface area contributed by atoms with E-state index in [0.29, 0.717) is 12.3 Å². The Labute approximate surface area is 185 Å². The highest BCUT2D eigenvalue weighted by Crippen LogP contribution is 2.57. The van der Waals surface area contributed by atoms with Crippen molar-refractivity contribution in [3.63, 3.8) is 0 Å². The van der Waals surface area contributed by atoms with E-state index in [2.05, 4.69) is 15.7 Å². The van der Waals surface area contributed by atoms with Crippen LogP contribution in [0, 0.1) is 23.7 Å². The van der Waals surface area contributed by atoms with E-state index in [1.807, 2.05) is 20.8 Å². The van der Waals surface area contributed by atoms with Gasteiger partial charge in [-0.3, -0.25) is 19.1 Å². The maximum atomic E-state index is 13.3. The summed E-state index contributed by atoms with van der Waals surface area (Å²) < 4.78 is 6.79. The number of hydrogen-bond acceptors (Lipinski definition) is 5. The molecule has 32 heavy (non-hydrogen) atoms. The molecule has 0 aromatic carbocycles. The average Bonchev–Trinajstić information content (AvgIpc) is 3.53. The number of rotatable bonds is 7. The van der Waals surface area contributed by atoms with Crippen molar-refractivity contribution in [2.24, 2.45) is 23.7 Å². The number of carboxylic acids is 1. The molecule has 0 aliphatic heterocycles. The summed E-state index contributed by atoms with van der Waals surface area (Å²) in [5.74, 6) is -2.78. The number of nitrogens with zero attached hydrogens (tertiary/aromatic N) is 2. The lowest BCUT2D eigenvalue weighted by atomic mass is 9.78. The smallest absolute Gasteiger partial charge is 0.307 e. The number of allylic oxidation sites excluding steroid dienone is 2. The van der Waals surface area contributed by atoms with Crippen molar-refractivity contribution in [1.82, 2.24) is 15.1 Å². The number of carbonyl (C=O) groups excluding carboxylic acids is 2. The van der Waals surface area contributed by atoms with Crippen molar-refractivity contribution in [3.05, 3.63) is 47.2 Å². The third-order valence-electron chi connectivity index (χ3n) is 6.57. The Hall–Kier alpha value is -3.36. The van der Waals surface area contributed by atoms with E-state index in [4.69, 9.17) is 4.42 Å². The minimum Gasteiger partial charge on any atom is -0.481 e. The Bertz CT molecular complexity index is 1060. The van der Waals surface area contributed by atoms with Crippen LogP contribution in [0.15, 0.2) is 40.2 Å². The van der Waals surface area contributed by atoms with E-state index >= 15 is 0 Å². The maximum absolute atomic E-state index is 13.3. The fourth-order valence-electron chi connectivity index (χ4n) is 5.33. The SMILES string of the molecule is CCn1cc(NC(=O)[C@H]2[C@@H](C(=O)O)[C@@H]3CC[C@H]2C3=C(C)C)c(C(=O)NCc2ccco2)n1. The van der Waals surface area contributed by atoms with Crippen LogP contribution in [-0.2, 0) is 22.7 Å². The highest BCUT2D eigenvalue weighted by molar-refractivity contribution is 6.03. The number of aromatic nitrogens is 2. The summed E-state index contributed by atoms with van der Waals surface area (Å²) in [6.45, 7) is 6.54. The summed E-state index contributed by atoms with van der Waals surface area (Å²) in [4.78, 5) is 38.1. The fourth-order valence-corrected chi connectivity index (χ4v) is 5.33. The third kappa shape index (κ3) is 3.83. The van der Waals surface area contributed by atoms with E-state index in [1.165, 1.54) is 6.26 Å². The first kappa shape index (κ1) is 21.9. The van der Waals surface area contributed by atoms with Gasteiger partial charge in [0.05, 0.1) is 30.3 Å². The summed E-state index contributed by atoms with van der Waals surface area (Å²) >= 11 is 0. The molecule has 9 nitrogen and oxygen atoms in total. The van der Waals surface area contributed by atoms with Crippen molar-refractivity contribution in [1.29, 1.82) is 0 Å². The van der Waals surface area contributed by atoms with Gasteiger partial charge in [0.25, 0.3) is 5.91 Å². The molecule has 2 heterocycles. The van der Waals surface area contributed by atoms with Gasteiger partial charge in [-0.1, -0.05) is 11.1 Å². The highest BCUT2D eigenvalue weighted by Gasteiger charge is 2.57. The molecule has 2 bridgehead atoms. The lowest BCUT2D eigenvalue weighted by molar-refractivity contribution is -0.148. The van der Waals surface area contributed by atoms with Gasteiger partial charge in [-0.15, -0.1) is 0 Å². The van der Waals surface area contributed by atoms with Gasteiger partial charge in [0.15, 0.2) is 5.69 Å². The van der Waals surface area contributed by atoms with Crippen LogP contribution in [0.5, 0.6) is 0 Å². The molecule has 2 aromatic heterocycles. The number of fused-ring (bicyclic) bond motifs is 2. The summed E-state index contributed by atoms with van der Waals surface area (Å²) in [6.07, 6.45) is 4.72. The van der Waals surface area contributed by atoms with Gasteiger partial charge >= 0.3 is 5.97 Å². The summed E-state index contributed by atoms with van der Waals surface area (Å²) in [5.41, 5.74) is 2.57. The lowest BCUT2D eigenvalue weighted by Crippen LogP contribution is -2.38. The van der Waals surface area contributed by atoms with Gasteiger partial charge in [0, 0.05) is 12.7 Å². The molecular formula is C23H28N4O5. The normalized spacial score (nSPS) is 23.9. The number of aliphatic carboxylic acids is 1. The molecular weight excluding hydrogens is 412 g/mol. The molecule has 2 saturated carbocycles. The molecule has 3 N–H and O–H groups in total. The zero-order valence-corrected chi connectivity index (χ0v) is 18.4. The first-order valence-corrected chi connectivity index (χ1v) is 10.9. The largest absolute Gasteiger partial charge is 0.481 e. The number of amides is 2.